The number of amides is 1. The van der Waals surface area contributed by atoms with Gasteiger partial charge in [0.25, 0.3) is 0 Å². The van der Waals surface area contributed by atoms with Gasteiger partial charge in [0, 0.05) is 19.5 Å². The predicted molar refractivity (Wildman–Crippen MR) is 81.8 cm³/mol. The number of hydrogen-bond donors (Lipinski definition) is 1. The number of ether oxygens (including phenoxy) is 1. The summed E-state index contributed by atoms with van der Waals surface area (Å²) in [5.74, 6) is 0.992. The van der Waals surface area contributed by atoms with Gasteiger partial charge in [-0.3, -0.25) is 4.79 Å². The van der Waals surface area contributed by atoms with Crippen molar-refractivity contribution < 1.29 is 9.53 Å². The first-order valence-electron chi connectivity index (χ1n) is 7.18. The van der Waals surface area contributed by atoms with Crippen LogP contribution < -0.4 is 10.5 Å². The predicted octanol–water partition coefficient (Wildman–Crippen LogP) is 2.35. The molecule has 1 aromatic rings. The SMILES string of the molecule is Cc1ccc(OCCN(C)C(=O)CCCC(C)N)cc1. The van der Waals surface area contributed by atoms with Gasteiger partial charge in [0.2, 0.25) is 5.91 Å². The molecule has 1 amide bonds. The Bertz CT molecular complexity index is 401. The smallest absolute Gasteiger partial charge is 0.222 e. The highest BCUT2D eigenvalue weighted by molar-refractivity contribution is 5.75. The van der Waals surface area contributed by atoms with Crippen LogP contribution in [0.25, 0.3) is 0 Å². The van der Waals surface area contributed by atoms with Crippen molar-refractivity contribution in [3.8, 4) is 5.75 Å². The van der Waals surface area contributed by atoms with Gasteiger partial charge in [-0.25, -0.2) is 0 Å². The van der Waals surface area contributed by atoms with Crippen LogP contribution in [0.5, 0.6) is 5.75 Å². The first kappa shape index (κ1) is 16.5. The lowest BCUT2D eigenvalue weighted by molar-refractivity contribution is -0.130. The minimum atomic E-state index is 0.151. The van der Waals surface area contributed by atoms with Gasteiger partial charge >= 0.3 is 0 Å². The van der Waals surface area contributed by atoms with Crippen molar-refractivity contribution in [1.29, 1.82) is 0 Å². The van der Waals surface area contributed by atoms with Crippen LogP contribution in [0.4, 0.5) is 0 Å². The number of rotatable bonds is 8. The van der Waals surface area contributed by atoms with Crippen molar-refractivity contribution in [2.24, 2.45) is 5.73 Å². The molecule has 1 aromatic carbocycles. The third-order valence-corrected chi connectivity index (χ3v) is 3.19. The fraction of sp³-hybridized carbons (Fsp3) is 0.562. The number of hydrogen-bond acceptors (Lipinski definition) is 3. The summed E-state index contributed by atoms with van der Waals surface area (Å²) in [6.45, 7) is 5.12. The summed E-state index contributed by atoms with van der Waals surface area (Å²) in [4.78, 5) is 13.6. The zero-order valence-corrected chi connectivity index (χ0v) is 12.8. The molecule has 0 aliphatic rings. The molecule has 0 radical (unpaired) electrons. The van der Waals surface area contributed by atoms with Gasteiger partial charge in [-0.1, -0.05) is 17.7 Å². The van der Waals surface area contributed by atoms with Crippen molar-refractivity contribution in [2.45, 2.75) is 39.2 Å². The van der Waals surface area contributed by atoms with Crippen LogP contribution in [0.15, 0.2) is 24.3 Å². The van der Waals surface area contributed by atoms with E-state index in [9.17, 15) is 4.79 Å². The van der Waals surface area contributed by atoms with E-state index in [0.29, 0.717) is 19.6 Å². The van der Waals surface area contributed by atoms with Crippen molar-refractivity contribution in [2.75, 3.05) is 20.2 Å². The molecule has 0 spiro atoms. The maximum atomic E-state index is 11.8. The molecule has 0 heterocycles. The summed E-state index contributed by atoms with van der Waals surface area (Å²) < 4.78 is 5.61. The molecular weight excluding hydrogens is 252 g/mol. The Morgan fingerprint density at radius 1 is 1.35 bits per heavy atom. The summed E-state index contributed by atoms with van der Waals surface area (Å²) in [5, 5.41) is 0. The van der Waals surface area contributed by atoms with Crippen molar-refractivity contribution >= 4 is 5.91 Å². The monoisotopic (exact) mass is 278 g/mol. The van der Waals surface area contributed by atoms with E-state index in [4.69, 9.17) is 10.5 Å². The molecule has 112 valence electrons. The molecule has 0 aliphatic heterocycles. The number of carbonyl (C=O) groups excluding carboxylic acids is 1. The van der Waals surface area contributed by atoms with Crippen LogP contribution in [-0.4, -0.2) is 37.0 Å². The summed E-state index contributed by atoms with van der Waals surface area (Å²) in [7, 11) is 1.81. The third-order valence-electron chi connectivity index (χ3n) is 3.19. The van der Waals surface area contributed by atoms with Crippen molar-refractivity contribution in [1.82, 2.24) is 4.90 Å². The standard InChI is InChI=1S/C16H26N2O2/c1-13-7-9-15(10-8-13)20-12-11-18(3)16(19)6-4-5-14(2)17/h7-10,14H,4-6,11-12,17H2,1-3H3. The average molecular weight is 278 g/mol. The average Bonchev–Trinajstić information content (AvgIpc) is 2.40. The molecule has 20 heavy (non-hydrogen) atoms. The summed E-state index contributed by atoms with van der Waals surface area (Å²) in [5.41, 5.74) is 6.87. The third kappa shape index (κ3) is 6.57. The van der Waals surface area contributed by atoms with E-state index < -0.39 is 0 Å². The molecule has 0 saturated carbocycles. The van der Waals surface area contributed by atoms with Gasteiger partial charge in [-0.15, -0.1) is 0 Å². The van der Waals surface area contributed by atoms with E-state index >= 15 is 0 Å². The maximum Gasteiger partial charge on any atom is 0.222 e. The normalized spacial score (nSPS) is 12.0. The molecule has 1 atom stereocenters. The first-order valence-corrected chi connectivity index (χ1v) is 7.18. The molecule has 1 rings (SSSR count). The summed E-state index contributed by atoms with van der Waals surface area (Å²) in [6.07, 6.45) is 2.29. The molecule has 4 heteroatoms. The minimum absolute atomic E-state index is 0.151. The fourth-order valence-corrected chi connectivity index (χ4v) is 1.83. The highest BCUT2D eigenvalue weighted by atomic mass is 16.5. The Morgan fingerprint density at radius 3 is 2.60 bits per heavy atom. The van der Waals surface area contributed by atoms with Crippen LogP contribution in [0.2, 0.25) is 0 Å². The van der Waals surface area contributed by atoms with Crippen molar-refractivity contribution in [3.05, 3.63) is 29.8 Å². The molecule has 0 aliphatic carbocycles. The lowest BCUT2D eigenvalue weighted by Gasteiger charge is -2.17. The summed E-state index contributed by atoms with van der Waals surface area (Å²) >= 11 is 0. The Kier molecular flexibility index (Phi) is 7.09. The van der Waals surface area contributed by atoms with Gasteiger partial charge in [0.05, 0.1) is 6.54 Å². The molecule has 0 saturated heterocycles. The van der Waals surface area contributed by atoms with Gasteiger partial charge in [0.1, 0.15) is 12.4 Å². The highest BCUT2D eigenvalue weighted by Crippen LogP contribution is 2.11. The second-order valence-corrected chi connectivity index (χ2v) is 5.35. The number of likely N-dealkylation sites (N-methyl/N-ethyl adjacent to an activating group) is 1. The van der Waals surface area contributed by atoms with E-state index in [1.54, 1.807) is 4.90 Å². The van der Waals surface area contributed by atoms with E-state index in [1.807, 2.05) is 45.2 Å². The topological polar surface area (TPSA) is 55.6 Å². The zero-order valence-electron chi connectivity index (χ0n) is 12.8. The number of nitrogens with zero attached hydrogens (tertiary/aromatic N) is 1. The number of aryl methyl sites for hydroxylation is 1. The van der Waals surface area contributed by atoms with Crippen LogP contribution in [0, 0.1) is 6.92 Å². The minimum Gasteiger partial charge on any atom is -0.492 e. The van der Waals surface area contributed by atoms with E-state index in [2.05, 4.69) is 0 Å². The van der Waals surface area contributed by atoms with E-state index in [0.717, 1.165) is 18.6 Å². The lowest BCUT2D eigenvalue weighted by Crippen LogP contribution is -2.31. The maximum absolute atomic E-state index is 11.8. The first-order chi connectivity index (χ1) is 9.49. The molecule has 0 bridgehead atoms. The highest BCUT2D eigenvalue weighted by Gasteiger charge is 2.08. The summed E-state index contributed by atoms with van der Waals surface area (Å²) in [6, 6.07) is 8.08. The Hall–Kier alpha value is -1.55. The van der Waals surface area contributed by atoms with Crippen LogP contribution >= 0.6 is 0 Å². The second-order valence-electron chi connectivity index (χ2n) is 5.35. The lowest BCUT2D eigenvalue weighted by atomic mass is 10.1. The van der Waals surface area contributed by atoms with Gasteiger partial charge in [0.15, 0.2) is 0 Å². The van der Waals surface area contributed by atoms with Gasteiger partial charge in [-0.2, -0.15) is 0 Å². The molecule has 0 fully saturated rings. The number of nitrogens with two attached hydrogens (primary N) is 1. The van der Waals surface area contributed by atoms with Gasteiger partial charge in [-0.05, 0) is 38.8 Å². The molecule has 2 N–H and O–H groups in total. The molecule has 1 unspecified atom stereocenters. The van der Waals surface area contributed by atoms with Crippen LogP contribution in [0.3, 0.4) is 0 Å². The Labute approximate surface area is 121 Å². The number of carbonyl (C=O) groups is 1. The second kappa shape index (κ2) is 8.59. The number of benzene rings is 1. The van der Waals surface area contributed by atoms with Crippen molar-refractivity contribution in [3.63, 3.8) is 0 Å². The van der Waals surface area contributed by atoms with Gasteiger partial charge < -0.3 is 15.4 Å². The fourth-order valence-electron chi connectivity index (χ4n) is 1.83. The largest absolute Gasteiger partial charge is 0.492 e. The zero-order chi connectivity index (χ0) is 15.0. The molecule has 4 nitrogen and oxygen atoms in total. The van der Waals surface area contributed by atoms with E-state index in [1.165, 1.54) is 5.56 Å². The van der Waals surface area contributed by atoms with Crippen LogP contribution in [-0.2, 0) is 4.79 Å². The quantitative estimate of drug-likeness (QED) is 0.794. The Morgan fingerprint density at radius 2 is 2.00 bits per heavy atom. The van der Waals surface area contributed by atoms with Crippen LogP contribution in [0.1, 0.15) is 31.7 Å². The molecule has 0 aromatic heterocycles. The molecular formula is C16H26N2O2. The van der Waals surface area contributed by atoms with E-state index in [-0.39, 0.29) is 11.9 Å². The Balaban J connectivity index is 2.20.